The molecule has 1 aliphatic rings. The molecule has 1 saturated heterocycles. The van der Waals surface area contributed by atoms with E-state index in [0.717, 1.165) is 69.2 Å². The first-order chi connectivity index (χ1) is 9.72. The maximum Gasteiger partial charge on any atom is 0.134 e. The molecule has 1 unspecified atom stereocenters. The van der Waals surface area contributed by atoms with Crippen LogP contribution < -0.4 is 5.32 Å². The van der Waals surface area contributed by atoms with Crippen LogP contribution in [0.5, 0.6) is 0 Å². The third-order valence-corrected chi connectivity index (χ3v) is 3.99. The summed E-state index contributed by atoms with van der Waals surface area (Å²) in [5.41, 5.74) is 3.62. The van der Waals surface area contributed by atoms with Gasteiger partial charge in [-0.05, 0) is 58.2 Å². The highest BCUT2D eigenvalue weighted by molar-refractivity contribution is 5.25. The van der Waals surface area contributed by atoms with Gasteiger partial charge in [0.2, 0.25) is 0 Å². The van der Waals surface area contributed by atoms with Gasteiger partial charge in [-0.25, -0.2) is 9.97 Å². The summed E-state index contributed by atoms with van der Waals surface area (Å²) in [4.78, 5) is 9.49. The molecule has 20 heavy (non-hydrogen) atoms. The molecule has 1 fully saturated rings. The first-order valence-electron chi connectivity index (χ1n) is 7.84. The van der Waals surface area contributed by atoms with Crippen molar-refractivity contribution in [2.45, 2.75) is 52.4 Å². The minimum absolute atomic E-state index is 0.386. The number of rotatable bonds is 6. The monoisotopic (exact) mass is 277 g/mol. The fourth-order valence-electron chi connectivity index (χ4n) is 2.82. The summed E-state index contributed by atoms with van der Waals surface area (Å²) >= 11 is 0. The van der Waals surface area contributed by atoms with Crippen molar-refractivity contribution in [3.05, 3.63) is 22.8 Å². The predicted octanol–water partition coefficient (Wildman–Crippen LogP) is 2.53. The smallest absolute Gasteiger partial charge is 0.134 e. The summed E-state index contributed by atoms with van der Waals surface area (Å²) in [6.07, 6.45) is 4.48. The molecule has 112 valence electrons. The van der Waals surface area contributed by atoms with Gasteiger partial charge in [-0.2, -0.15) is 0 Å². The van der Waals surface area contributed by atoms with E-state index in [2.05, 4.69) is 26.1 Å². The summed E-state index contributed by atoms with van der Waals surface area (Å²) in [5, 5.41) is 3.36. The van der Waals surface area contributed by atoms with Crippen molar-refractivity contribution in [1.29, 1.82) is 0 Å². The average Bonchev–Trinajstić information content (AvgIpc) is 2.46. The van der Waals surface area contributed by atoms with Crippen molar-refractivity contribution in [3.8, 4) is 0 Å². The van der Waals surface area contributed by atoms with Crippen LogP contribution in [0, 0.1) is 13.8 Å². The molecule has 2 rings (SSSR count). The summed E-state index contributed by atoms with van der Waals surface area (Å²) in [7, 11) is 0. The van der Waals surface area contributed by atoms with Crippen molar-refractivity contribution < 1.29 is 4.74 Å². The summed E-state index contributed by atoms with van der Waals surface area (Å²) in [5.74, 6) is 1.37. The van der Waals surface area contributed by atoms with Crippen LogP contribution in [-0.2, 0) is 11.2 Å². The lowest BCUT2D eigenvalue weighted by Gasteiger charge is -2.22. The topological polar surface area (TPSA) is 47.0 Å². The Kier molecular flexibility index (Phi) is 5.92. The second-order valence-corrected chi connectivity index (χ2v) is 5.60. The summed E-state index contributed by atoms with van der Waals surface area (Å²) in [6, 6.07) is 0. The first-order valence-corrected chi connectivity index (χ1v) is 7.84. The number of hydrogen-bond donors (Lipinski definition) is 1. The van der Waals surface area contributed by atoms with Crippen LogP contribution in [0.3, 0.4) is 0 Å². The highest BCUT2D eigenvalue weighted by Gasteiger charge is 2.20. The second-order valence-electron chi connectivity index (χ2n) is 5.60. The molecule has 0 bridgehead atoms. The van der Waals surface area contributed by atoms with Crippen molar-refractivity contribution in [3.63, 3.8) is 0 Å². The molecule has 1 aliphatic heterocycles. The highest BCUT2D eigenvalue weighted by Crippen LogP contribution is 2.24. The molecular formula is C16H27N3O. The first kappa shape index (κ1) is 15.4. The molecule has 1 aromatic heterocycles. The maximum atomic E-state index is 5.55. The number of aromatic nitrogens is 2. The standard InChI is InChI=1S/C16H27N3O/c1-4-17-9-5-8-15-12(2)18-16(19-13(15)3)14-7-6-10-20-11-14/h14,17H,4-11H2,1-3H3. The van der Waals surface area contributed by atoms with Gasteiger partial charge in [0.25, 0.3) is 0 Å². The molecule has 1 atom stereocenters. The van der Waals surface area contributed by atoms with E-state index in [-0.39, 0.29) is 0 Å². The van der Waals surface area contributed by atoms with Gasteiger partial charge in [-0.15, -0.1) is 0 Å². The maximum absolute atomic E-state index is 5.55. The molecular weight excluding hydrogens is 250 g/mol. The van der Waals surface area contributed by atoms with E-state index in [0.29, 0.717) is 5.92 Å². The van der Waals surface area contributed by atoms with Crippen LogP contribution >= 0.6 is 0 Å². The molecule has 1 N–H and O–H groups in total. The third kappa shape index (κ3) is 4.00. The van der Waals surface area contributed by atoms with Gasteiger partial charge in [-0.3, -0.25) is 0 Å². The van der Waals surface area contributed by atoms with E-state index >= 15 is 0 Å². The minimum Gasteiger partial charge on any atom is -0.381 e. The van der Waals surface area contributed by atoms with E-state index in [9.17, 15) is 0 Å². The number of hydrogen-bond acceptors (Lipinski definition) is 4. The van der Waals surface area contributed by atoms with Gasteiger partial charge in [0.15, 0.2) is 0 Å². The Bertz CT molecular complexity index is 405. The van der Waals surface area contributed by atoms with Crippen LogP contribution in [0.25, 0.3) is 0 Å². The molecule has 0 aliphatic carbocycles. The average molecular weight is 277 g/mol. The molecule has 0 saturated carbocycles. The molecule has 4 nitrogen and oxygen atoms in total. The fourth-order valence-corrected chi connectivity index (χ4v) is 2.82. The lowest BCUT2D eigenvalue weighted by atomic mass is 10.00. The molecule has 2 heterocycles. The lowest BCUT2D eigenvalue weighted by molar-refractivity contribution is 0.0779. The van der Waals surface area contributed by atoms with Crippen molar-refractivity contribution in [1.82, 2.24) is 15.3 Å². The molecule has 4 heteroatoms. The lowest BCUT2D eigenvalue weighted by Crippen LogP contribution is -2.20. The minimum atomic E-state index is 0.386. The predicted molar refractivity (Wildman–Crippen MR) is 81.2 cm³/mol. The van der Waals surface area contributed by atoms with Crippen LogP contribution in [-0.4, -0.2) is 36.3 Å². The Balaban J connectivity index is 2.03. The molecule has 0 amide bonds. The molecule has 0 aromatic carbocycles. The Morgan fingerprint density at radius 2 is 2.00 bits per heavy atom. The number of aryl methyl sites for hydroxylation is 2. The van der Waals surface area contributed by atoms with E-state index in [1.54, 1.807) is 0 Å². The van der Waals surface area contributed by atoms with Crippen LogP contribution in [0.15, 0.2) is 0 Å². The van der Waals surface area contributed by atoms with Gasteiger partial charge in [0, 0.05) is 23.9 Å². The quantitative estimate of drug-likeness (QED) is 0.812. The van der Waals surface area contributed by atoms with Crippen LogP contribution in [0.1, 0.15) is 54.9 Å². The SMILES string of the molecule is CCNCCCc1c(C)nc(C2CCCOC2)nc1C. The summed E-state index contributed by atoms with van der Waals surface area (Å²) < 4.78 is 5.55. The Labute approximate surface area is 122 Å². The molecule has 0 radical (unpaired) electrons. The Morgan fingerprint density at radius 3 is 2.60 bits per heavy atom. The summed E-state index contributed by atoms with van der Waals surface area (Å²) in [6.45, 7) is 10.1. The second kappa shape index (κ2) is 7.70. The van der Waals surface area contributed by atoms with Crippen molar-refractivity contribution in [2.24, 2.45) is 0 Å². The van der Waals surface area contributed by atoms with Gasteiger partial charge in [-0.1, -0.05) is 6.92 Å². The van der Waals surface area contributed by atoms with E-state index in [4.69, 9.17) is 14.7 Å². The van der Waals surface area contributed by atoms with Crippen molar-refractivity contribution in [2.75, 3.05) is 26.3 Å². The Morgan fingerprint density at radius 1 is 1.25 bits per heavy atom. The van der Waals surface area contributed by atoms with Crippen LogP contribution in [0.4, 0.5) is 0 Å². The molecule has 0 spiro atoms. The Hall–Kier alpha value is -1.00. The molecule has 1 aromatic rings. The zero-order chi connectivity index (χ0) is 14.4. The van der Waals surface area contributed by atoms with Gasteiger partial charge < -0.3 is 10.1 Å². The van der Waals surface area contributed by atoms with Gasteiger partial charge in [0.1, 0.15) is 5.82 Å². The third-order valence-electron chi connectivity index (χ3n) is 3.99. The number of nitrogens with zero attached hydrogens (tertiary/aromatic N) is 2. The van der Waals surface area contributed by atoms with Gasteiger partial charge in [0.05, 0.1) is 6.61 Å². The van der Waals surface area contributed by atoms with E-state index in [1.165, 1.54) is 5.56 Å². The number of ether oxygens (including phenoxy) is 1. The highest BCUT2D eigenvalue weighted by atomic mass is 16.5. The largest absolute Gasteiger partial charge is 0.381 e. The van der Waals surface area contributed by atoms with E-state index in [1.807, 2.05) is 0 Å². The normalized spacial score (nSPS) is 19.2. The zero-order valence-corrected chi connectivity index (χ0v) is 13.0. The van der Waals surface area contributed by atoms with Crippen LogP contribution in [0.2, 0.25) is 0 Å². The number of nitrogens with one attached hydrogen (secondary N) is 1. The van der Waals surface area contributed by atoms with E-state index < -0.39 is 0 Å². The van der Waals surface area contributed by atoms with Gasteiger partial charge >= 0.3 is 0 Å². The fraction of sp³-hybridized carbons (Fsp3) is 0.750. The van der Waals surface area contributed by atoms with Crippen molar-refractivity contribution >= 4 is 0 Å². The zero-order valence-electron chi connectivity index (χ0n) is 13.0.